The van der Waals surface area contributed by atoms with Gasteiger partial charge in [0.15, 0.2) is 11.6 Å². The van der Waals surface area contributed by atoms with E-state index in [2.05, 4.69) is 11.4 Å². The van der Waals surface area contributed by atoms with Gasteiger partial charge in [0.05, 0.1) is 24.3 Å². The van der Waals surface area contributed by atoms with Crippen molar-refractivity contribution in [3.63, 3.8) is 0 Å². The fraction of sp³-hybridized carbons (Fsp3) is 0.565. The first-order chi connectivity index (χ1) is 14.9. The van der Waals surface area contributed by atoms with E-state index in [0.29, 0.717) is 11.1 Å². The zero-order valence-electron chi connectivity index (χ0n) is 18.7. The lowest BCUT2D eigenvalue weighted by molar-refractivity contribution is 0.0486. The van der Waals surface area contributed by atoms with Crippen molar-refractivity contribution in [2.24, 2.45) is 0 Å². The molecule has 1 aromatic carbocycles. The van der Waals surface area contributed by atoms with E-state index in [1.165, 1.54) is 9.47 Å². The van der Waals surface area contributed by atoms with Crippen LogP contribution in [0, 0.1) is 24.6 Å². The lowest BCUT2D eigenvalue weighted by Crippen LogP contribution is -2.43. The maximum absolute atomic E-state index is 15.4. The number of pyridine rings is 1. The molecule has 1 radical (unpaired) electrons. The van der Waals surface area contributed by atoms with Gasteiger partial charge in [-0.25, -0.2) is 18.0 Å². The Kier molecular flexibility index (Phi) is 5.41. The summed E-state index contributed by atoms with van der Waals surface area (Å²) >= 11 is 0. The normalized spacial score (nSPS) is 21.3. The number of nitrogens with one attached hydrogen (secondary N) is 1. The highest BCUT2D eigenvalue weighted by molar-refractivity contribution is 5.88. The third kappa shape index (κ3) is 4.17. The van der Waals surface area contributed by atoms with Gasteiger partial charge in [-0.2, -0.15) is 0 Å². The first kappa shape index (κ1) is 22.5. The molecular formula is C23H27F3N3O3. The van der Waals surface area contributed by atoms with Crippen molar-refractivity contribution >= 4 is 22.7 Å². The highest BCUT2D eigenvalue weighted by atomic mass is 19.2. The lowest BCUT2D eigenvalue weighted by Gasteiger charge is -2.26. The summed E-state index contributed by atoms with van der Waals surface area (Å²) in [5, 5.41) is 2.35. The van der Waals surface area contributed by atoms with Crippen LogP contribution in [0.5, 0.6) is 0 Å². The number of rotatable bonds is 4. The highest BCUT2D eigenvalue weighted by Gasteiger charge is 2.41. The molecule has 1 aliphatic heterocycles. The molecule has 1 atom stereocenters. The smallest absolute Gasteiger partial charge is 0.407 e. The van der Waals surface area contributed by atoms with Crippen LogP contribution in [0.3, 0.4) is 0 Å². The molecule has 2 aromatic rings. The van der Waals surface area contributed by atoms with E-state index >= 15 is 8.78 Å². The lowest BCUT2D eigenvalue weighted by atomic mass is 10.0. The molecule has 0 bridgehead atoms. The molecule has 4 rings (SSSR count). The van der Waals surface area contributed by atoms with Crippen molar-refractivity contribution in [2.45, 2.75) is 64.3 Å². The van der Waals surface area contributed by atoms with E-state index in [1.54, 1.807) is 27.7 Å². The fourth-order valence-corrected chi connectivity index (χ4v) is 4.32. The van der Waals surface area contributed by atoms with Crippen molar-refractivity contribution < 1.29 is 22.7 Å². The number of halogens is 3. The summed E-state index contributed by atoms with van der Waals surface area (Å²) in [6.45, 7) is 6.32. The fourth-order valence-electron chi connectivity index (χ4n) is 4.32. The minimum atomic E-state index is -1.83. The molecule has 2 fully saturated rings. The SMILES string of the molecule is Cc1c(N2CCC(F)(CNC(=O)OC(C)(C)C)C2)c(F)c(F)c2[c]cc(=O)n(C3CC3)c12. The zero-order valence-corrected chi connectivity index (χ0v) is 18.7. The van der Waals surface area contributed by atoms with Crippen molar-refractivity contribution in [2.75, 3.05) is 24.5 Å². The molecule has 2 aliphatic rings. The van der Waals surface area contributed by atoms with Gasteiger partial charge in [-0.3, -0.25) is 4.79 Å². The van der Waals surface area contributed by atoms with Crippen LogP contribution in [0.25, 0.3) is 10.9 Å². The van der Waals surface area contributed by atoms with Gasteiger partial charge >= 0.3 is 6.09 Å². The number of carbonyl (C=O) groups is 1. The minimum absolute atomic E-state index is 0.0255. The quantitative estimate of drug-likeness (QED) is 0.760. The number of anilines is 1. The Morgan fingerprint density at radius 1 is 1.31 bits per heavy atom. The summed E-state index contributed by atoms with van der Waals surface area (Å²) in [6, 6.07) is 3.66. The first-order valence-corrected chi connectivity index (χ1v) is 10.8. The van der Waals surface area contributed by atoms with E-state index in [4.69, 9.17) is 4.74 Å². The molecule has 6 nitrogen and oxygen atoms in total. The van der Waals surface area contributed by atoms with Crippen LogP contribution < -0.4 is 15.8 Å². The number of nitrogens with zero attached hydrogens (tertiary/aromatic N) is 2. The molecule has 1 unspecified atom stereocenters. The van der Waals surface area contributed by atoms with Crippen molar-refractivity contribution in [1.82, 2.24) is 9.88 Å². The first-order valence-electron chi connectivity index (χ1n) is 10.8. The van der Waals surface area contributed by atoms with Crippen LogP contribution in [-0.2, 0) is 4.74 Å². The predicted molar refractivity (Wildman–Crippen MR) is 115 cm³/mol. The van der Waals surface area contributed by atoms with E-state index in [1.807, 2.05) is 0 Å². The molecule has 1 aromatic heterocycles. The van der Waals surface area contributed by atoms with Crippen LogP contribution in [0.15, 0.2) is 10.9 Å². The van der Waals surface area contributed by atoms with Gasteiger partial charge in [0.1, 0.15) is 11.3 Å². The van der Waals surface area contributed by atoms with E-state index in [9.17, 15) is 14.0 Å². The zero-order chi connectivity index (χ0) is 23.4. The Balaban J connectivity index is 1.64. The van der Waals surface area contributed by atoms with Crippen molar-refractivity contribution in [3.8, 4) is 0 Å². The van der Waals surface area contributed by atoms with Crippen molar-refractivity contribution in [3.05, 3.63) is 39.7 Å². The number of aryl methyl sites for hydroxylation is 1. The maximum atomic E-state index is 15.4. The summed E-state index contributed by atoms with van der Waals surface area (Å²) in [7, 11) is 0. The number of amides is 1. The van der Waals surface area contributed by atoms with Gasteiger partial charge in [-0.05, 0) is 40.5 Å². The monoisotopic (exact) mass is 450 g/mol. The standard InChI is InChI=1S/C23H27F3N3O3/c1-13-19-15(7-8-16(30)29(19)14-5-6-14)17(24)18(25)20(13)28-10-9-23(26,12-28)11-27-21(31)32-22(2,3)4/h8,14H,5-6,9-12H2,1-4H3,(H,27,31). The van der Waals surface area contributed by atoms with Crippen LogP contribution in [0.1, 0.15) is 51.6 Å². The minimum Gasteiger partial charge on any atom is -0.444 e. The van der Waals surface area contributed by atoms with E-state index < -0.39 is 29.0 Å². The third-order valence-electron chi connectivity index (χ3n) is 5.87. The van der Waals surface area contributed by atoms with Gasteiger partial charge in [0.25, 0.3) is 5.56 Å². The number of alkyl halides is 1. The molecule has 1 aliphatic carbocycles. The highest BCUT2D eigenvalue weighted by Crippen LogP contribution is 2.41. The number of benzene rings is 1. The topological polar surface area (TPSA) is 63.6 Å². The molecule has 2 heterocycles. The van der Waals surface area contributed by atoms with Gasteiger partial charge < -0.3 is 19.5 Å². The molecule has 1 amide bonds. The Labute approximate surface area is 184 Å². The Morgan fingerprint density at radius 3 is 2.62 bits per heavy atom. The number of ether oxygens (including phenoxy) is 1. The summed E-state index contributed by atoms with van der Waals surface area (Å²) in [4.78, 5) is 25.8. The van der Waals surface area contributed by atoms with E-state index in [0.717, 1.165) is 18.9 Å². The number of fused-ring (bicyclic) bond motifs is 1. The molecule has 1 saturated heterocycles. The van der Waals surface area contributed by atoms with Crippen LogP contribution in [0.2, 0.25) is 0 Å². The van der Waals surface area contributed by atoms with Crippen LogP contribution in [-0.4, -0.2) is 41.6 Å². The second kappa shape index (κ2) is 7.71. The molecule has 0 spiro atoms. The summed E-state index contributed by atoms with van der Waals surface area (Å²) < 4.78 is 52.1. The summed E-state index contributed by atoms with van der Waals surface area (Å²) in [5.74, 6) is -2.19. The van der Waals surface area contributed by atoms with Gasteiger partial charge in [-0.1, -0.05) is 0 Å². The van der Waals surface area contributed by atoms with Crippen LogP contribution >= 0.6 is 0 Å². The second-order valence-electron chi connectivity index (χ2n) is 9.73. The molecule has 173 valence electrons. The summed E-state index contributed by atoms with van der Waals surface area (Å²) in [5.41, 5.74) is -2.24. The maximum Gasteiger partial charge on any atom is 0.407 e. The number of hydrogen-bond acceptors (Lipinski definition) is 4. The number of alkyl carbamates (subject to hydrolysis) is 1. The molecular weight excluding hydrogens is 423 g/mol. The Bertz CT molecular complexity index is 1140. The molecule has 9 heteroatoms. The number of aromatic nitrogens is 1. The molecule has 32 heavy (non-hydrogen) atoms. The number of carbonyl (C=O) groups excluding carboxylic acids is 1. The molecule has 1 N–H and O–H groups in total. The second-order valence-corrected chi connectivity index (χ2v) is 9.73. The average Bonchev–Trinajstić information content (AvgIpc) is 3.46. The van der Waals surface area contributed by atoms with Gasteiger partial charge in [0.2, 0.25) is 0 Å². The van der Waals surface area contributed by atoms with Crippen molar-refractivity contribution in [1.29, 1.82) is 0 Å². The Morgan fingerprint density at radius 2 is 2.00 bits per heavy atom. The predicted octanol–water partition coefficient (Wildman–Crippen LogP) is 4.17. The largest absolute Gasteiger partial charge is 0.444 e. The third-order valence-corrected chi connectivity index (χ3v) is 5.87. The Hall–Kier alpha value is -2.71. The summed E-state index contributed by atoms with van der Waals surface area (Å²) in [6.07, 6.45) is 0.870. The average molecular weight is 450 g/mol. The molecule has 1 saturated carbocycles. The number of hydrogen-bond donors (Lipinski definition) is 1. The van der Waals surface area contributed by atoms with Crippen LogP contribution in [0.4, 0.5) is 23.7 Å². The van der Waals surface area contributed by atoms with Gasteiger partial charge in [-0.15, -0.1) is 0 Å². The van der Waals surface area contributed by atoms with E-state index in [-0.39, 0.29) is 48.7 Å². The van der Waals surface area contributed by atoms with Gasteiger partial charge in [0, 0.05) is 42.1 Å².